The van der Waals surface area contributed by atoms with Crippen LogP contribution in [0.15, 0.2) is 65.9 Å². The van der Waals surface area contributed by atoms with E-state index in [4.69, 9.17) is 0 Å². The lowest BCUT2D eigenvalue weighted by atomic mass is 9.86. The molecule has 42 heavy (non-hydrogen) atoms. The quantitative estimate of drug-likeness (QED) is 0.285. The molecule has 6 heteroatoms. The van der Waals surface area contributed by atoms with Crippen molar-refractivity contribution in [2.24, 2.45) is 5.92 Å². The summed E-state index contributed by atoms with van der Waals surface area (Å²) in [6.45, 7) is 17.4. The molecule has 0 saturated carbocycles. The first-order chi connectivity index (χ1) is 19.8. The van der Waals surface area contributed by atoms with Gasteiger partial charge in [0.1, 0.15) is 0 Å². The first-order valence-electron chi connectivity index (χ1n) is 15.5. The second-order valence-corrected chi connectivity index (χ2v) is 13.2. The van der Waals surface area contributed by atoms with Gasteiger partial charge in [-0.25, -0.2) is 0 Å². The topological polar surface area (TPSA) is 69.7 Å². The number of amides is 3. The first kappa shape index (κ1) is 33.1. The van der Waals surface area contributed by atoms with Gasteiger partial charge in [-0.15, -0.1) is 0 Å². The van der Waals surface area contributed by atoms with Gasteiger partial charge < -0.3 is 15.1 Å². The van der Waals surface area contributed by atoms with Crippen LogP contribution < -0.4 is 5.32 Å². The van der Waals surface area contributed by atoms with Gasteiger partial charge in [0.15, 0.2) is 0 Å². The van der Waals surface area contributed by atoms with E-state index in [9.17, 15) is 14.4 Å². The average molecular weight is 574 g/mol. The van der Waals surface area contributed by atoms with E-state index in [0.29, 0.717) is 24.4 Å². The SMILES string of the molecule is CC1=C(C(=O)N(C(C)C)C(C)C)CC(CC(=O)NCCCCc2ccccc2)C(=O)N1Cc1ccc(C(C)(C)C)cc1. The number of allylic oxidation sites excluding steroid dienone is 1. The Labute approximate surface area is 253 Å². The Kier molecular flexibility index (Phi) is 11.6. The van der Waals surface area contributed by atoms with Crippen molar-refractivity contribution < 1.29 is 14.4 Å². The second-order valence-electron chi connectivity index (χ2n) is 13.2. The van der Waals surface area contributed by atoms with Crippen LogP contribution >= 0.6 is 0 Å². The average Bonchev–Trinajstić information content (AvgIpc) is 2.92. The van der Waals surface area contributed by atoms with Crippen molar-refractivity contribution in [3.63, 3.8) is 0 Å². The summed E-state index contributed by atoms with van der Waals surface area (Å²) in [6.07, 6.45) is 3.18. The van der Waals surface area contributed by atoms with Gasteiger partial charge >= 0.3 is 0 Å². The number of aryl methyl sites for hydroxylation is 1. The molecule has 6 nitrogen and oxygen atoms in total. The molecule has 1 atom stereocenters. The van der Waals surface area contributed by atoms with Gasteiger partial charge in [-0.2, -0.15) is 0 Å². The molecule has 2 aromatic carbocycles. The fourth-order valence-electron chi connectivity index (χ4n) is 5.76. The Balaban J connectivity index is 1.75. The van der Waals surface area contributed by atoms with E-state index in [2.05, 4.69) is 62.5 Å². The number of benzene rings is 2. The van der Waals surface area contributed by atoms with Crippen molar-refractivity contribution >= 4 is 17.7 Å². The smallest absolute Gasteiger partial charge is 0.252 e. The zero-order valence-corrected chi connectivity index (χ0v) is 27.0. The maximum atomic E-state index is 13.9. The van der Waals surface area contributed by atoms with Crippen molar-refractivity contribution in [2.45, 2.75) is 112 Å². The van der Waals surface area contributed by atoms with E-state index in [1.807, 2.05) is 57.7 Å². The maximum Gasteiger partial charge on any atom is 0.252 e. The standard InChI is InChI=1S/C36H51N3O3/c1-25(2)39(26(3)4)35(42)32-22-30(23-33(40)37-21-13-12-16-28-14-10-9-11-15-28)34(41)38(27(32)5)24-29-17-19-31(20-18-29)36(6,7)8/h9-11,14-15,17-20,25-26,30H,12-13,16,21-24H2,1-8H3,(H,37,40). The number of nitrogens with one attached hydrogen (secondary N) is 1. The van der Waals surface area contributed by atoms with E-state index in [1.54, 1.807) is 4.90 Å². The lowest BCUT2D eigenvalue weighted by molar-refractivity contribution is -0.139. The van der Waals surface area contributed by atoms with E-state index >= 15 is 0 Å². The summed E-state index contributed by atoms with van der Waals surface area (Å²) in [6, 6.07) is 18.7. The van der Waals surface area contributed by atoms with Crippen LogP contribution in [0, 0.1) is 5.92 Å². The molecule has 1 heterocycles. The molecule has 228 valence electrons. The van der Waals surface area contributed by atoms with Crippen LogP contribution in [0.3, 0.4) is 0 Å². The minimum absolute atomic E-state index is 0.0199. The number of nitrogens with zero attached hydrogens (tertiary/aromatic N) is 2. The molecule has 3 rings (SSSR count). The number of rotatable bonds is 12. The normalized spacial score (nSPS) is 15.9. The van der Waals surface area contributed by atoms with Crippen LogP contribution in [-0.2, 0) is 32.8 Å². The van der Waals surface area contributed by atoms with Gasteiger partial charge in [-0.3, -0.25) is 14.4 Å². The van der Waals surface area contributed by atoms with E-state index in [0.717, 1.165) is 24.8 Å². The molecule has 3 amide bonds. The Morgan fingerprint density at radius 2 is 1.55 bits per heavy atom. The van der Waals surface area contributed by atoms with Crippen LogP contribution in [0.4, 0.5) is 0 Å². The predicted molar refractivity (Wildman–Crippen MR) is 171 cm³/mol. The van der Waals surface area contributed by atoms with Gasteiger partial charge in [0.05, 0.1) is 12.5 Å². The van der Waals surface area contributed by atoms with E-state index < -0.39 is 5.92 Å². The Bertz CT molecular complexity index is 1230. The van der Waals surface area contributed by atoms with Crippen molar-refractivity contribution in [1.82, 2.24) is 15.1 Å². The van der Waals surface area contributed by atoms with Crippen LogP contribution in [0.25, 0.3) is 0 Å². The van der Waals surface area contributed by atoms with Crippen LogP contribution in [0.1, 0.15) is 97.8 Å². The molecule has 1 N–H and O–H groups in total. The molecule has 0 spiro atoms. The molecule has 0 bridgehead atoms. The molecule has 1 aliphatic rings. The minimum Gasteiger partial charge on any atom is -0.356 e. The zero-order valence-electron chi connectivity index (χ0n) is 27.0. The van der Waals surface area contributed by atoms with Crippen LogP contribution in [0.5, 0.6) is 0 Å². The predicted octanol–water partition coefficient (Wildman–Crippen LogP) is 6.78. The Morgan fingerprint density at radius 1 is 0.929 bits per heavy atom. The monoisotopic (exact) mass is 573 g/mol. The van der Waals surface area contributed by atoms with Crippen molar-refractivity contribution in [3.05, 3.63) is 82.6 Å². The zero-order chi connectivity index (χ0) is 31.0. The lowest BCUT2D eigenvalue weighted by Crippen LogP contribution is -2.47. The van der Waals surface area contributed by atoms with Crippen molar-refractivity contribution in [2.75, 3.05) is 6.54 Å². The van der Waals surface area contributed by atoms with Gasteiger partial charge in [-0.1, -0.05) is 75.4 Å². The van der Waals surface area contributed by atoms with E-state index in [1.165, 1.54) is 11.1 Å². The Morgan fingerprint density at radius 3 is 2.12 bits per heavy atom. The van der Waals surface area contributed by atoms with Crippen molar-refractivity contribution in [3.8, 4) is 0 Å². The summed E-state index contributed by atoms with van der Waals surface area (Å²) in [4.78, 5) is 44.3. The summed E-state index contributed by atoms with van der Waals surface area (Å²) in [5.74, 6) is -0.862. The molecule has 0 fully saturated rings. The van der Waals surface area contributed by atoms with Gasteiger partial charge in [-0.05, 0) is 82.4 Å². The highest BCUT2D eigenvalue weighted by Crippen LogP contribution is 2.33. The van der Waals surface area contributed by atoms with Gasteiger partial charge in [0.25, 0.3) is 5.91 Å². The van der Waals surface area contributed by atoms with Gasteiger partial charge in [0.2, 0.25) is 11.8 Å². The van der Waals surface area contributed by atoms with E-state index in [-0.39, 0.29) is 48.1 Å². The number of hydrogen-bond acceptors (Lipinski definition) is 3. The molecular formula is C36H51N3O3. The molecule has 0 aliphatic carbocycles. The third kappa shape index (κ3) is 8.80. The summed E-state index contributed by atoms with van der Waals surface area (Å²) < 4.78 is 0. The minimum atomic E-state index is -0.577. The van der Waals surface area contributed by atoms with Gasteiger partial charge in [0, 0.05) is 36.3 Å². The Hall–Kier alpha value is -3.41. The fourth-order valence-corrected chi connectivity index (χ4v) is 5.76. The molecule has 1 aliphatic heterocycles. The maximum absolute atomic E-state index is 13.9. The highest BCUT2D eigenvalue weighted by molar-refractivity contribution is 5.98. The van der Waals surface area contributed by atoms with Crippen LogP contribution in [0.2, 0.25) is 0 Å². The molecule has 1 unspecified atom stereocenters. The summed E-state index contributed by atoms with van der Waals surface area (Å²) in [7, 11) is 0. The number of carbonyl (C=O) groups is 3. The number of carbonyl (C=O) groups excluding carboxylic acids is 3. The number of unbranched alkanes of at least 4 members (excludes halogenated alkanes) is 1. The van der Waals surface area contributed by atoms with Crippen LogP contribution in [-0.4, -0.2) is 46.1 Å². The fraction of sp³-hybridized carbons (Fsp3) is 0.528. The highest BCUT2D eigenvalue weighted by atomic mass is 16.2. The lowest BCUT2D eigenvalue weighted by Gasteiger charge is -2.38. The molecule has 2 aromatic rings. The third-order valence-corrected chi connectivity index (χ3v) is 8.16. The molecular weight excluding hydrogens is 522 g/mol. The summed E-state index contributed by atoms with van der Waals surface area (Å²) in [5.41, 5.74) is 4.86. The summed E-state index contributed by atoms with van der Waals surface area (Å²) >= 11 is 0. The first-order valence-corrected chi connectivity index (χ1v) is 15.5. The largest absolute Gasteiger partial charge is 0.356 e. The molecule has 0 aromatic heterocycles. The highest BCUT2D eigenvalue weighted by Gasteiger charge is 2.38. The summed E-state index contributed by atoms with van der Waals surface area (Å²) in [5, 5.41) is 3.02. The van der Waals surface area contributed by atoms with Crippen molar-refractivity contribution in [1.29, 1.82) is 0 Å². The second kappa shape index (κ2) is 14.7. The third-order valence-electron chi connectivity index (χ3n) is 8.16. The number of hydrogen-bond donors (Lipinski definition) is 1. The molecule has 0 radical (unpaired) electrons. The molecule has 0 saturated heterocycles.